The molecule has 0 saturated carbocycles. The summed E-state index contributed by atoms with van der Waals surface area (Å²) in [6, 6.07) is 24.4. The lowest BCUT2D eigenvalue weighted by Crippen LogP contribution is -1.98. The third-order valence-corrected chi connectivity index (χ3v) is 7.71. The van der Waals surface area contributed by atoms with E-state index in [-0.39, 0.29) is 0 Å². The Morgan fingerprint density at radius 3 is 1.38 bits per heavy atom. The van der Waals surface area contributed by atoms with E-state index < -0.39 is 0 Å². The summed E-state index contributed by atoms with van der Waals surface area (Å²) in [4.78, 5) is 21.0. The van der Waals surface area contributed by atoms with Gasteiger partial charge in [-0.05, 0) is 95.1 Å². The van der Waals surface area contributed by atoms with E-state index in [9.17, 15) is 20.1 Å². The first-order valence-corrected chi connectivity index (χ1v) is 14.5. The van der Waals surface area contributed by atoms with Crippen LogP contribution in [0.15, 0.2) is 60.7 Å². The highest BCUT2D eigenvalue weighted by atomic mass is 16.5. The van der Waals surface area contributed by atoms with Crippen LogP contribution < -0.4 is 9.47 Å². The number of hydrogen-bond acceptors (Lipinski definition) is 6. The molecule has 42 heavy (non-hydrogen) atoms. The summed E-state index contributed by atoms with van der Waals surface area (Å²) < 4.78 is 12.0. The minimum Gasteiger partial charge on any atom is -0.494 e. The summed E-state index contributed by atoms with van der Waals surface area (Å²) in [5.41, 5.74) is 0.762. The molecule has 0 aromatic heterocycles. The molecule has 0 fully saturated rings. The van der Waals surface area contributed by atoms with Crippen LogP contribution in [0, 0.1) is 22.7 Å². The first-order chi connectivity index (χ1) is 20.7. The van der Waals surface area contributed by atoms with Crippen LogP contribution in [0.25, 0.3) is 43.1 Å². The molecule has 6 nitrogen and oxygen atoms in total. The highest BCUT2D eigenvalue weighted by Crippen LogP contribution is 2.41. The number of nitrogens with zero attached hydrogens (tertiary/aromatic N) is 2. The second-order valence-electron chi connectivity index (χ2n) is 10.4. The molecule has 0 aliphatic rings. The standard InChI is InChI=1S/C36H32N2O4/c37-23-33-31-13-9-25-21-27(41-19-7-3-1-5-17-39)11-15-29(25)35(31)36-30-16-12-28(42-20-8-4-2-6-18-40)22-26(30)10-14-32(36)34(33)24-38/h9-18,21-22H,1-8,19-20H2. The molecule has 0 aliphatic heterocycles. The fraction of sp³-hybridized carbons (Fsp3) is 0.278. The van der Waals surface area contributed by atoms with E-state index in [1.54, 1.807) is 0 Å². The van der Waals surface area contributed by atoms with Crippen LogP contribution >= 0.6 is 0 Å². The van der Waals surface area contributed by atoms with Gasteiger partial charge in [0.05, 0.1) is 24.3 Å². The van der Waals surface area contributed by atoms with Crippen molar-refractivity contribution in [3.05, 3.63) is 71.8 Å². The lowest BCUT2D eigenvalue weighted by Gasteiger charge is -2.15. The zero-order chi connectivity index (χ0) is 29.3. The number of carbonyl (C=O) groups excluding carboxylic acids is 2. The minimum absolute atomic E-state index is 0.381. The van der Waals surface area contributed by atoms with E-state index in [1.807, 2.05) is 60.7 Å². The average molecular weight is 557 g/mol. The van der Waals surface area contributed by atoms with Crippen molar-refractivity contribution < 1.29 is 19.1 Å². The van der Waals surface area contributed by atoms with Crippen LogP contribution in [0.2, 0.25) is 0 Å². The minimum atomic E-state index is 0.381. The molecular weight excluding hydrogens is 524 g/mol. The van der Waals surface area contributed by atoms with Gasteiger partial charge >= 0.3 is 0 Å². The monoisotopic (exact) mass is 556 g/mol. The Labute approximate surface area is 245 Å². The fourth-order valence-corrected chi connectivity index (χ4v) is 5.65. The first-order valence-electron chi connectivity index (χ1n) is 14.5. The van der Waals surface area contributed by atoms with E-state index in [2.05, 4.69) is 12.1 Å². The van der Waals surface area contributed by atoms with Crippen LogP contribution in [0.3, 0.4) is 0 Å². The van der Waals surface area contributed by atoms with Crippen molar-refractivity contribution in [2.45, 2.75) is 51.4 Å². The van der Waals surface area contributed by atoms with Crippen molar-refractivity contribution in [3.63, 3.8) is 0 Å². The van der Waals surface area contributed by atoms with Crippen LogP contribution in [0.1, 0.15) is 62.5 Å². The van der Waals surface area contributed by atoms with Crippen molar-refractivity contribution in [2.24, 2.45) is 0 Å². The van der Waals surface area contributed by atoms with E-state index in [4.69, 9.17) is 9.47 Å². The molecule has 0 saturated heterocycles. The van der Waals surface area contributed by atoms with Gasteiger partial charge < -0.3 is 19.1 Å². The normalized spacial score (nSPS) is 11.0. The Morgan fingerprint density at radius 1 is 0.548 bits per heavy atom. The molecule has 5 rings (SSSR count). The number of fused-ring (bicyclic) bond motifs is 7. The molecule has 0 atom stereocenters. The van der Waals surface area contributed by atoms with Gasteiger partial charge in [0.15, 0.2) is 0 Å². The summed E-state index contributed by atoms with van der Waals surface area (Å²) in [5.74, 6) is 1.54. The third-order valence-electron chi connectivity index (χ3n) is 7.71. The summed E-state index contributed by atoms with van der Waals surface area (Å²) >= 11 is 0. The molecule has 0 N–H and O–H groups in total. The summed E-state index contributed by atoms with van der Waals surface area (Å²) in [5, 5.41) is 27.6. The SMILES string of the molecule is N#Cc1c(C#N)c2ccc3cc(OCCCCCC=O)ccc3c2c2c1ccc1cc(OCCCCCC=O)ccc12. The smallest absolute Gasteiger partial charge is 0.119 e. The van der Waals surface area contributed by atoms with Crippen LogP contribution in [0.4, 0.5) is 0 Å². The molecular formula is C36H32N2O4. The molecule has 0 amide bonds. The van der Waals surface area contributed by atoms with Gasteiger partial charge in [-0.2, -0.15) is 10.5 Å². The molecule has 6 heteroatoms. The number of hydrogen-bond donors (Lipinski definition) is 0. The molecule has 0 aliphatic carbocycles. The van der Waals surface area contributed by atoms with Gasteiger partial charge in [-0.1, -0.05) is 36.4 Å². The maximum Gasteiger partial charge on any atom is 0.119 e. The lowest BCUT2D eigenvalue weighted by atomic mass is 9.87. The number of unbranched alkanes of at least 4 members (excludes halogenated alkanes) is 6. The predicted molar refractivity (Wildman–Crippen MR) is 166 cm³/mol. The Bertz CT molecular complexity index is 1730. The number of carbonyl (C=O) groups is 2. The highest BCUT2D eigenvalue weighted by Gasteiger charge is 2.18. The van der Waals surface area contributed by atoms with Crippen molar-refractivity contribution in [1.82, 2.24) is 0 Å². The second-order valence-corrected chi connectivity index (χ2v) is 10.4. The van der Waals surface area contributed by atoms with E-state index in [0.29, 0.717) is 37.2 Å². The van der Waals surface area contributed by atoms with Gasteiger partial charge in [0.2, 0.25) is 0 Å². The fourth-order valence-electron chi connectivity index (χ4n) is 5.65. The quantitative estimate of drug-likeness (QED) is 0.0774. The van der Waals surface area contributed by atoms with Gasteiger partial charge in [0.1, 0.15) is 36.2 Å². The lowest BCUT2D eigenvalue weighted by molar-refractivity contribution is -0.108. The van der Waals surface area contributed by atoms with Gasteiger partial charge in [-0.15, -0.1) is 0 Å². The number of ether oxygens (including phenoxy) is 2. The number of nitriles is 2. The van der Waals surface area contributed by atoms with E-state index in [1.165, 1.54) is 0 Å². The maximum absolute atomic E-state index is 10.5. The van der Waals surface area contributed by atoms with Crippen LogP contribution in [-0.2, 0) is 9.59 Å². The molecule has 0 bridgehead atoms. The van der Waals surface area contributed by atoms with Gasteiger partial charge in [-0.25, -0.2) is 0 Å². The second kappa shape index (κ2) is 13.6. The molecule has 5 aromatic carbocycles. The van der Waals surface area contributed by atoms with Crippen molar-refractivity contribution in [1.29, 1.82) is 10.5 Å². The maximum atomic E-state index is 10.5. The Morgan fingerprint density at radius 2 is 0.976 bits per heavy atom. The largest absolute Gasteiger partial charge is 0.494 e. The summed E-state index contributed by atoms with van der Waals surface area (Å²) in [6.45, 7) is 1.16. The number of benzene rings is 5. The van der Waals surface area contributed by atoms with Gasteiger partial charge in [0.25, 0.3) is 0 Å². The van der Waals surface area contributed by atoms with Gasteiger partial charge in [0, 0.05) is 23.6 Å². The average Bonchev–Trinajstić information content (AvgIpc) is 3.02. The van der Waals surface area contributed by atoms with Crippen molar-refractivity contribution in [3.8, 4) is 23.6 Å². The number of aldehydes is 2. The zero-order valence-electron chi connectivity index (χ0n) is 23.5. The van der Waals surface area contributed by atoms with Crippen molar-refractivity contribution in [2.75, 3.05) is 13.2 Å². The Hall–Kier alpha value is -4.94. The third kappa shape index (κ3) is 5.90. The molecule has 210 valence electrons. The molecule has 0 spiro atoms. The van der Waals surface area contributed by atoms with Crippen LogP contribution in [-0.4, -0.2) is 25.8 Å². The molecule has 0 heterocycles. The highest BCUT2D eigenvalue weighted by molar-refractivity contribution is 6.29. The molecule has 5 aromatic rings. The molecule has 0 unspecified atom stereocenters. The predicted octanol–water partition coefficient (Wildman–Crippen LogP) is 8.32. The van der Waals surface area contributed by atoms with Gasteiger partial charge in [-0.3, -0.25) is 0 Å². The van der Waals surface area contributed by atoms with E-state index in [0.717, 1.165) is 106 Å². The summed E-state index contributed by atoms with van der Waals surface area (Å²) in [6.07, 6.45) is 8.48. The van der Waals surface area contributed by atoms with E-state index >= 15 is 0 Å². The molecule has 0 radical (unpaired) electrons. The zero-order valence-corrected chi connectivity index (χ0v) is 23.5. The Balaban J connectivity index is 1.57. The van der Waals surface area contributed by atoms with Crippen molar-refractivity contribution >= 4 is 55.7 Å². The Kier molecular flexibility index (Phi) is 9.27. The first kappa shape index (κ1) is 28.6. The summed E-state index contributed by atoms with van der Waals surface area (Å²) in [7, 11) is 0. The topological polar surface area (TPSA) is 100 Å². The van der Waals surface area contributed by atoms with Crippen LogP contribution in [0.5, 0.6) is 11.5 Å². The number of rotatable bonds is 14.